The fourth-order valence-corrected chi connectivity index (χ4v) is 3.14. The lowest BCUT2D eigenvalue weighted by molar-refractivity contribution is 0.100. The molecule has 7 heteroatoms. The molecule has 0 aliphatic carbocycles. The van der Waals surface area contributed by atoms with Crippen molar-refractivity contribution in [1.29, 1.82) is 0 Å². The minimum absolute atomic E-state index is 0.277. The molecule has 1 amide bonds. The van der Waals surface area contributed by atoms with Crippen LogP contribution in [-0.2, 0) is 6.42 Å². The number of nitrogens with one attached hydrogen (secondary N) is 1. The largest absolute Gasteiger partial charge is 0.365 e. The molecule has 2 heterocycles. The number of carbonyl (C=O) groups is 1. The summed E-state index contributed by atoms with van der Waals surface area (Å²) in [5.74, 6) is -0.0403. The number of hydrogen-bond acceptors (Lipinski definition) is 4. The highest BCUT2D eigenvalue weighted by atomic mass is 35.5. The fourth-order valence-electron chi connectivity index (χ4n) is 2.02. The molecule has 0 spiro atoms. The standard InChI is InChI=1S/C14H10ClN3O2S/c15-8-3-1-2-7(4-8)5-11-17-13(20)9-6-10(12(16)19)21-14(9)18-11/h1-4,6H,5H2,(H2,16,19)(H,17,18,20). The Balaban J connectivity index is 2.04. The number of rotatable bonds is 3. The highest BCUT2D eigenvalue weighted by molar-refractivity contribution is 7.20. The van der Waals surface area contributed by atoms with E-state index >= 15 is 0 Å². The first-order chi connectivity index (χ1) is 10.0. The van der Waals surface area contributed by atoms with Crippen LogP contribution in [0.15, 0.2) is 35.1 Å². The molecule has 1 aromatic carbocycles. The molecule has 21 heavy (non-hydrogen) atoms. The SMILES string of the molecule is NC(=O)c1cc2c(=O)[nH]c(Cc3cccc(Cl)c3)nc2s1. The van der Waals surface area contributed by atoms with Gasteiger partial charge in [0.15, 0.2) is 0 Å². The fraction of sp³-hybridized carbons (Fsp3) is 0.0714. The van der Waals surface area contributed by atoms with Crippen LogP contribution in [0.1, 0.15) is 21.1 Å². The highest BCUT2D eigenvalue weighted by Crippen LogP contribution is 2.21. The summed E-state index contributed by atoms with van der Waals surface area (Å²) in [6.07, 6.45) is 0.454. The van der Waals surface area contributed by atoms with Crippen LogP contribution in [0.25, 0.3) is 10.2 Å². The van der Waals surface area contributed by atoms with Crippen molar-refractivity contribution >= 4 is 39.1 Å². The second-order valence-electron chi connectivity index (χ2n) is 4.51. The third-order valence-corrected chi connectivity index (χ3v) is 4.23. The van der Waals surface area contributed by atoms with Gasteiger partial charge in [0, 0.05) is 11.4 Å². The number of aromatic nitrogens is 2. The van der Waals surface area contributed by atoms with Gasteiger partial charge in [-0.2, -0.15) is 0 Å². The van der Waals surface area contributed by atoms with E-state index in [4.69, 9.17) is 17.3 Å². The number of carbonyl (C=O) groups excluding carboxylic acids is 1. The molecule has 3 N–H and O–H groups in total. The summed E-state index contributed by atoms with van der Waals surface area (Å²) >= 11 is 7.05. The smallest absolute Gasteiger partial charge is 0.259 e. The van der Waals surface area contributed by atoms with Gasteiger partial charge < -0.3 is 10.7 Å². The van der Waals surface area contributed by atoms with E-state index in [1.54, 1.807) is 6.07 Å². The van der Waals surface area contributed by atoms with Gasteiger partial charge in [-0.15, -0.1) is 11.3 Å². The Labute approximate surface area is 128 Å². The number of primary amides is 1. The van der Waals surface area contributed by atoms with Crippen LogP contribution in [0.2, 0.25) is 5.02 Å². The zero-order chi connectivity index (χ0) is 15.0. The monoisotopic (exact) mass is 319 g/mol. The predicted octanol–water partition coefficient (Wildman–Crippen LogP) is 2.33. The van der Waals surface area contributed by atoms with Crippen molar-refractivity contribution < 1.29 is 4.79 Å². The molecular weight excluding hydrogens is 310 g/mol. The first kappa shape index (κ1) is 13.8. The molecule has 0 radical (unpaired) electrons. The Morgan fingerprint density at radius 1 is 1.38 bits per heavy atom. The normalized spacial score (nSPS) is 10.9. The van der Waals surface area contributed by atoms with Crippen molar-refractivity contribution in [2.75, 3.05) is 0 Å². The van der Waals surface area contributed by atoms with Crippen molar-refractivity contribution in [3.05, 3.63) is 62.0 Å². The van der Waals surface area contributed by atoms with Gasteiger partial charge >= 0.3 is 0 Å². The van der Waals surface area contributed by atoms with Crippen LogP contribution in [0.3, 0.4) is 0 Å². The second-order valence-corrected chi connectivity index (χ2v) is 5.98. The molecule has 3 aromatic rings. The Morgan fingerprint density at radius 3 is 2.90 bits per heavy atom. The van der Waals surface area contributed by atoms with Crippen LogP contribution in [0, 0.1) is 0 Å². The van der Waals surface area contributed by atoms with Gasteiger partial charge in [0.1, 0.15) is 10.7 Å². The van der Waals surface area contributed by atoms with Crippen LogP contribution >= 0.6 is 22.9 Å². The first-order valence-electron chi connectivity index (χ1n) is 6.10. The zero-order valence-corrected chi connectivity index (χ0v) is 12.3. The molecule has 0 saturated carbocycles. The molecule has 0 saturated heterocycles. The topological polar surface area (TPSA) is 88.8 Å². The van der Waals surface area contributed by atoms with Gasteiger partial charge in [0.25, 0.3) is 11.5 Å². The van der Waals surface area contributed by atoms with E-state index in [9.17, 15) is 9.59 Å². The number of halogens is 1. The summed E-state index contributed by atoms with van der Waals surface area (Å²) in [5, 5.41) is 1.01. The van der Waals surface area contributed by atoms with Gasteiger partial charge in [-0.3, -0.25) is 9.59 Å². The number of hydrogen-bond donors (Lipinski definition) is 2. The van der Waals surface area contributed by atoms with E-state index in [1.807, 2.05) is 18.2 Å². The number of H-pyrrole nitrogens is 1. The van der Waals surface area contributed by atoms with E-state index in [0.29, 0.717) is 32.4 Å². The predicted molar refractivity (Wildman–Crippen MR) is 83.0 cm³/mol. The maximum absolute atomic E-state index is 12.0. The molecule has 0 unspecified atom stereocenters. The summed E-state index contributed by atoms with van der Waals surface area (Å²) in [5.41, 5.74) is 5.89. The summed E-state index contributed by atoms with van der Waals surface area (Å²) in [6.45, 7) is 0. The van der Waals surface area contributed by atoms with Gasteiger partial charge in [0.2, 0.25) is 0 Å². The number of fused-ring (bicyclic) bond motifs is 1. The summed E-state index contributed by atoms with van der Waals surface area (Å²) in [6, 6.07) is 8.80. The Hall–Kier alpha value is -2.18. The van der Waals surface area contributed by atoms with Crippen LogP contribution in [0.5, 0.6) is 0 Å². The van der Waals surface area contributed by atoms with E-state index in [2.05, 4.69) is 9.97 Å². The third-order valence-electron chi connectivity index (χ3n) is 2.95. The first-order valence-corrected chi connectivity index (χ1v) is 7.29. The van der Waals surface area contributed by atoms with E-state index < -0.39 is 5.91 Å². The number of amides is 1. The van der Waals surface area contributed by atoms with Crippen molar-refractivity contribution in [2.24, 2.45) is 5.73 Å². The van der Waals surface area contributed by atoms with Crippen molar-refractivity contribution in [3.8, 4) is 0 Å². The summed E-state index contributed by atoms with van der Waals surface area (Å²) in [4.78, 5) is 31.1. The van der Waals surface area contributed by atoms with Crippen molar-refractivity contribution in [1.82, 2.24) is 9.97 Å². The van der Waals surface area contributed by atoms with E-state index in [0.717, 1.165) is 16.9 Å². The lowest BCUT2D eigenvalue weighted by Crippen LogP contribution is -2.11. The average Bonchev–Trinajstić information content (AvgIpc) is 2.83. The van der Waals surface area contributed by atoms with E-state index in [1.165, 1.54) is 6.07 Å². The molecule has 0 aliphatic heterocycles. The molecular formula is C14H10ClN3O2S. The van der Waals surface area contributed by atoms with Gasteiger partial charge in [-0.25, -0.2) is 4.98 Å². The van der Waals surface area contributed by atoms with Crippen molar-refractivity contribution in [2.45, 2.75) is 6.42 Å². The molecule has 5 nitrogen and oxygen atoms in total. The number of nitrogens with zero attached hydrogens (tertiary/aromatic N) is 1. The molecule has 106 valence electrons. The molecule has 0 bridgehead atoms. The van der Waals surface area contributed by atoms with Gasteiger partial charge in [0.05, 0.1) is 10.3 Å². The summed E-state index contributed by atoms with van der Waals surface area (Å²) < 4.78 is 0. The molecule has 2 aromatic heterocycles. The summed E-state index contributed by atoms with van der Waals surface area (Å²) in [7, 11) is 0. The Bertz CT molecular complexity index is 901. The van der Waals surface area contributed by atoms with Crippen molar-refractivity contribution in [3.63, 3.8) is 0 Å². The molecule has 0 fully saturated rings. The van der Waals surface area contributed by atoms with Crippen LogP contribution in [0.4, 0.5) is 0 Å². The second kappa shape index (κ2) is 5.31. The Kier molecular flexibility index (Phi) is 3.48. The maximum Gasteiger partial charge on any atom is 0.259 e. The third kappa shape index (κ3) is 2.81. The molecule has 0 atom stereocenters. The number of thiophene rings is 1. The lowest BCUT2D eigenvalue weighted by Gasteiger charge is -2.01. The lowest BCUT2D eigenvalue weighted by atomic mass is 10.1. The average molecular weight is 320 g/mol. The number of aromatic amines is 1. The van der Waals surface area contributed by atoms with Gasteiger partial charge in [-0.05, 0) is 23.8 Å². The van der Waals surface area contributed by atoms with Crippen LogP contribution < -0.4 is 11.3 Å². The minimum atomic E-state index is -0.561. The van der Waals surface area contributed by atoms with Crippen LogP contribution in [-0.4, -0.2) is 15.9 Å². The highest BCUT2D eigenvalue weighted by Gasteiger charge is 2.12. The quantitative estimate of drug-likeness (QED) is 0.776. The number of benzene rings is 1. The molecule has 0 aliphatic rings. The molecule has 3 rings (SSSR count). The minimum Gasteiger partial charge on any atom is -0.365 e. The maximum atomic E-state index is 12.0. The number of nitrogens with two attached hydrogens (primary N) is 1. The Morgan fingerprint density at radius 2 is 2.19 bits per heavy atom. The zero-order valence-electron chi connectivity index (χ0n) is 10.7. The van der Waals surface area contributed by atoms with Gasteiger partial charge in [-0.1, -0.05) is 23.7 Å². The van der Waals surface area contributed by atoms with E-state index in [-0.39, 0.29) is 5.56 Å².